The minimum atomic E-state index is 0.266. The van der Waals surface area contributed by atoms with Crippen molar-refractivity contribution >= 4 is 16.9 Å². The Bertz CT molecular complexity index is 86.1. The molecule has 1 rings (SSSR count). The molecule has 1 nitrogen and oxygen atoms in total. The van der Waals surface area contributed by atoms with Gasteiger partial charge in [0.1, 0.15) is 0 Å². The first-order valence-corrected chi connectivity index (χ1v) is 3.34. The summed E-state index contributed by atoms with van der Waals surface area (Å²) < 4.78 is 0. The summed E-state index contributed by atoms with van der Waals surface area (Å²) in [5.74, 6) is 0. The van der Waals surface area contributed by atoms with E-state index in [9.17, 15) is 4.79 Å². The van der Waals surface area contributed by atoms with Crippen molar-refractivity contribution in [2.24, 2.45) is 0 Å². The summed E-state index contributed by atoms with van der Waals surface area (Å²) in [5, 5.41) is 0.958. The number of thioether (sulfide) groups is 1. The fourth-order valence-electron chi connectivity index (χ4n) is 0.421. The van der Waals surface area contributed by atoms with Crippen molar-refractivity contribution in [2.75, 3.05) is 0 Å². The van der Waals surface area contributed by atoms with Gasteiger partial charge in [0, 0.05) is 12.2 Å². The molecule has 0 radical (unpaired) electrons. The molecule has 0 saturated heterocycles. The summed E-state index contributed by atoms with van der Waals surface area (Å²) in [7, 11) is 0. The van der Waals surface area contributed by atoms with E-state index in [4.69, 9.17) is 0 Å². The second-order valence-corrected chi connectivity index (χ2v) is 3.29. The lowest BCUT2D eigenvalue weighted by Gasteiger charge is -1.83. The van der Waals surface area contributed by atoms with Crippen molar-refractivity contribution in [3.63, 3.8) is 0 Å². The maximum absolute atomic E-state index is 10.3. The van der Waals surface area contributed by atoms with Gasteiger partial charge in [0.15, 0.2) is 5.12 Å². The Morgan fingerprint density at radius 3 is 2.43 bits per heavy atom. The predicted molar refractivity (Wildman–Crippen MR) is 31.3 cm³/mol. The van der Waals surface area contributed by atoms with E-state index in [2.05, 4.69) is 0 Å². The first-order valence-electron chi connectivity index (χ1n) is 2.46. The van der Waals surface area contributed by atoms with Crippen LogP contribution in [-0.2, 0) is 4.79 Å². The van der Waals surface area contributed by atoms with Crippen LogP contribution in [0, 0.1) is 0 Å². The first-order chi connectivity index (χ1) is 3.29. The van der Waals surface area contributed by atoms with Crippen LogP contribution in [0.1, 0.15) is 19.8 Å². The zero-order valence-electron chi connectivity index (χ0n) is 4.31. The maximum Gasteiger partial charge on any atom is 0.186 e. The monoisotopic (exact) mass is 116 g/mol. The standard InChI is InChI=1S/C5H8OS/c1-4(6)7-5-2-3-5/h5H,2-3H2,1H3. The van der Waals surface area contributed by atoms with Gasteiger partial charge in [-0.15, -0.1) is 0 Å². The summed E-state index contributed by atoms with van der Waals surface area (Å²) in [6, 6.07) is 0. The van der Waals surface area contributed by atoms with Gasteiger partial charge in [-0.1, -0.05) is 11.8 Å². The smallest absolute Gasteiger partial charge is 0.186 e. The van der Waals surface area contributed by atoms with Crippen LogP contribution in [0.2, 0.25) is 0 Å². The Labute approximate surface area is 47.5 Å². The Kier molecular flexibility index (Phi) is 1.38. The van der Waals surface area contributed by atoms with E-state index < -0.39 is 0 Å². The fraction of sp³-hybridized carbons (Fsp3) is 0.800. The van der Waals surface area contributed by atoms with E-state index in [-0.39, 0.29) is 5.12 Å². The molecule has 1 aliphatic rings. The topological polar surface area (TPSA) is 17.1 Å². The summed E-state index contributed by atoms with van der Waals surface area (Å²) >= 11 is 1.48. The van der Waals surface area contributed by atoms with Crippen molar-refractivity contribution < 1.29 is 4.79 Å². The highest BCUT2D eigenvalue weighted by atomic mass is 32.2. The van der Waals surface area contributed by atoms with Crippen molar-refractivity contribution in [1.82, 2.24) is 0 Å². The first kappa shape index (κ1) is 5.16. The average molecular weight is 116 g/mol. The van der Waals surface area contributed by atoms with Crippen molar-refractivity contribution in [2.45, 2.75) is 25.0 Å². The molecule has 2 heteroatoms. The molecule has 0 aromatic rings. The second-order valence-electron chi connectivity index (χ2n) is 1.81. The van der Waals surface area contributed by atoms with Crippen molar-refractivity contribution in [3.05, 3.63) is 0 Å². The highest BCUT2D eigenvalue weighted by Gasteiger charge is 2.23. The maximum atomic E-state index is 10.3. The molecule has 0 spiro atoms. The minimum Gasteiger partial charge on any atom is -0.288 e. The molecular weight excluding hydrogens is 108 g/mol. The van der Waals surface area contributed by atoms with Gasteiger partial charge in [0.2, 0.25) is 0 Å². The zero-order chi connectivity index (χ0) is 5.28. The minimum absolute atomic E-state index is 0.266. The van der Waals surface area contributed by atoms with E-state index in [0.29, 0.717) is 5.25 Å². The van der Waals surface area contributed by atoms with Crippen LogP contribution in [0.15, 0.2) is 0 Å². The summed E-state index contributed by atoms with van der Waals surface area (Å²) in [5.41, 5.74) is 0. The van der Waals surface area contributed by atoms with Gasteiger partial charge in [0.25, 0.3) is 0 Å². The van der Waals surface area contributed by atoms with Gasteiger partial charge in [0.05, 0.1) is 0 Å². The highest BCUT2D eigenvalue weighted by Crippen LogP contribution is 2.33. The third-order valence-electron chi connectivity index (χ3n) is 0.857. The third kappa shape index (κ3) is 1.97. The van der Waals surface area contributed by atoms with Gasteiger partial charge in [-0.2, -0.15) is 0 Å². The lowest BCUT2D eigenvalue weighted by atomic mass is 10.9. The van der Waals surface area contributed by atoms with E-state index in [0.717, 1.165) is 0 Å². The van der Waals surface area contributed by atoms with E-state index in [1.165, 1.54) is 24.6 Å². The highest BCUT2D eigenvalue weighted by molar-refractivity contribution is 8.14. The van der Waals surface area contributed by atoms with Gasteiger partial charge in [-0.3, -0.25) is 4.79 Å². The van der Waals surface area contributed by atoms with Crippen LogP contribution in [0.5, 0.6) is 0 Å². The summed E-state index contributed by atoms with van der Waals surface area (Å²) in [6.45, 7) is 1.63. The molecule has 0 bridgehead atoms. The van der Waals surface area contributed by atoms with Crippen molar-refractivity contribution in [1.29, 1.82) is 0 Å². The van der Waals surface area contributed by atoms with Crippen LogP contribution in [0.25, 0.3) is 0 Å². The fourth-order valence-corrected chi connectivity index (χ4v) is 1.26. The molecule has 40 valence electrons. The molecule has 0 amide bonds. The number of carbonyl (C=O) groups is 1. The lowest BCUT2D eigenvalue weighted by molar-refractivity contribution is -0.109. The Morgan fingerprint density at radius 2 is 2.29 bits per heavy atom. The van der Waals surface area contributed by atoms with Gasteiger partial charge in [-0.05, 0) is 12.8 Å². The number of hydrogen-bond acceptors (Lipinski definition) is 2. The van der Waals surface area contributed by atoms with E-state index in [1.54, 1.807) is 6.92 Å². The lowest BCUT2D eigenvalue weighted by Crippen LogP contribution is -1.81. The van der Waals surface area contributed by atoms with Gasteiger partial charge >= 0.3 is 0 Å². The number of rotatable bonds is 1. The average Bonchev–Trinajstić information content (AvgIpc) is 2.17. The quantitative estimate of drug-likeness (QED) is 0.515. The molecule has 1 saturated carbocycles. The number of carbonyl (C=O) groups excluding carboxylic acids is 1. The Hall–Kier alpha value is 0.0200. The zero-order valence-corrected chi connectivity index (χ0v) is 5.12. The Balaban J connectivity index is 2.08. The molecule has 0 heterocycles. The van der Waals surface area contributed by atoms with Crippen LogP contribution in [0.4, 0.5) is 0 Å². The van der Waals surface area contributed by atoms with Crippen LogP contribution in [0.3, 0.4) is 0 Å². The van der Waals surface area contributed by atoms with Crippen LogP contribution < -0.4 is 0 Å². The Morgan fingerprint density at radius 1 is 1.71 bits per heavy atom. The van der Waals surface area contributed by atoms with Crippen LogP contribution >= 0.6 is 11.8 Å². The van der Waals surface area contributed by atoms with Gasteiger partial charge < -0.3 is 0 Å². The molecule has 0 aromatic heterocycles. The largest absolute Gasteiger partial charge is 0.288 e. The predicted octanol–water partition coefficient (Wildman–Crippen LogP) is 1.43. The molecule has 0 atom stereocenters. The van der Waals surface area contributed by atoms with E-state index >= 15 is 0 Å². The summed E-state index contributed by atoms with van der Waals surface area (Å²) in [6.07, 6.45) is 2.51. The molecule has 0 aromatic carbocycles. The normalized spacial score (nSPS) is 19.6. The summed E-state index contributed by atoms with van der Waals surface area (Å²) in [4.78, 5) is 10.3. The van der Waals surface area contributed by atoms with Crippen LogP contribution in [-0.4, -0.2) is 10.4 Å². The second kappa shape index (κ2) is 1.86. The SMILES string of the molecule is CC(=O)SC1CC1. The molecule has 0 aliphatic heterocycles. The molecule has 0 unspecified atom stereocenters. The van der Waals surface area contributed by atoms with E-state index in [1.807, 2.05) is 0 Å². The molecule has 1 fully saturated rings. The number of hydrogen-bond donors (Lipinski definition) is 0. The molecular formula is C5H8OS. The molecule has 7 heavy (non-hydrogen) atoms. The molecule has 1 aliphatic carbocycles. The molecule has 0 N–H and O–H groups in total. The van der Waals surface area contributed by atoms with Gasteiger partial charge in [-0.25, -0.2) is 0 Å². The van der Waals surface area contributed by atoms with Crippen molar-refractivity contribution in [3.8, 4) is 0 Å². The third-order valence-corrected chi connectivity index (χ3v) is 1.99.